The molecule has 0 heterocycles. The van der Waals surface area contributed by atoms with E-state index in [1.807, 2.05) is 19.1 Å². The Bertz CT molecular complexity index is 463. The fraction of sp³-hybridized carbons (Fsp3) is 0.588. The van der Waals surface area contributed by atoms with E-state index >= 15 is 0 Å². The molecule has 0 atom stereocenters. The molecule has 0 radical (unpaired) electrons. The molecule has 1 aromatic rings. The number of ether oxygens (including phenoxy) is 1. The molecule has 132 valence electrons. The number of hydrogen-bond donors (Lipinski definition) is 2. The number of nitrogens with one attached hydrogen (secondary N) is 2. The van der Waals surface area contributed by atoms with Crippen LogP contribution in [-0.4, -0.2) is 39.3 Å². The molecule has 4 nitrogen and oxygen atoms in total. The first kappa shape index (κ1) is 22.1. The highest BCUT2D eigenvalue weighted by atomic mass is 127. The van der Waals surface area contributed by atoms with Gasteiger partial charge in [0.05, 0.1) is 6.54 Å². The van der Waals surface area contributed by atoms with Crippen LogP contribution < -0.4 is 10.6 Å². The van der Waals surface area contributed by atoms with Crippen molar-refractivity contribution in [1.29, 1.82) is 0 Å². The highest BCUT2D eigenvalue weighted by Crippen LogP contribution is 2.23. The molecule has 0 spiro atoms. The lowest BCUT2D eigenvalue weighted by Crippen LogP contribution is -2.39. The van der Waals surface area contributed by atoms with Crippen molar-refractivity contribution >= 4 is 29.9 Å². The average Bonchev–Trinajstić information content (AvgIpc) is 2.49. The molecule has 0 amide bonds. The van der Waals surface area contributed by atoms with Gasteiger partial charge >= 0.3 is 0 Å². The summed E-state index contributed by atoms with van der Waals surface area (Å²) >= 11 is 0. The largest absolute Gasteiger partial charge is 0.385 e. The molecule has 2 N–H and O–H groups in total. The smallest absolute Gasteiger partial charge is 0.191 e. The number of halogens is 2. The van der Waals surface area contributed by atoms with Crippen LogP contribution in [0.15, 0.2) is 29.3 Å². The van der Waals surface area contributed by atoms with E-state index in [1.165, 1.54) is 12.1 Å². The summed E-state index contributed by atoms with van der Waals surface area (Å²) in [4.78, 5) is 4.64. The van der Waals surface area contributed by atoms with Gasteiger partial charge in [0.15, 0.2) is 5.96 Å². The van der Waals surface area contributed by atoms with Crippen LogP contribution >= 0.6 is 24.0 Å². The second-order valence-corrected chi connectivity index (χ2v) is 5.86. The van der Waals surface area contributed by atoms with Crippen molar-refractivity contribution in [3.05, 3.63) is 35.6 Å². The Labute approximate surface area is 156 Å². The molecule has 0 aliphatic rings. The Morgan fingerprint density at radius 1 is 1.22 bits per heavy atom. The van der Waals surface area contributed by atoms with Gasteiger partial charge in [-0.25, -0.2) is 4.39 Å². The maximum Gasteiger partial charge on any atom is 0.191 e. The Balaban J connectivity index is 0.00000484. The first-order valence-electron chi connectivity index (χ1n) is 7.76. The van der Waals surface area contributed by atoms with Gasteiger partial charge in [-0.2, -0.15) is 0 Å². The number of guanidine groups is 1. The molecule has 0 unspecified atom stereocenters. The third-order valence-corrected chi connectivity index (χ3v) is 3.42. The molecular weight excluding hydrogens is 408 g/mol. The van der Waals surface area contributed by atoms with Crippen molar-refractivity contribution in [3.63, 3.8) is 0 Å². The van der Waals surface area contributed by atoms with Gasteiger partial charge in [0, 0.05) is 32.2 Å². The van der Waals surface area contributed by atoms with Crippen LogP contribution in [0.3, 0.4) is 0 Å². The van der Waals surface area contributed by atoms with E-state index in [2.05, 4.69) is 29.5 Å². The van der Waals surface area contributed by atoms with Gasteiger partial charge in [-0.05, 0) is 31.0 Å². The molecule has 0 aliphatic carbocycles. The summed E-state index contributed by atoms with van der Waals surface area (Å²) in [6, 6.07) is 6.64. The molecule has 0 saturated carbocycles. The number of hydrogen-bond acceptors (Lipinski definition) is 2. The van der Waals surface area contributed by atoms with Crippen molar-refractivity contribution in [1.82, 2.24) is 10.6 Å². The Morgan fingerprint density at radius 2 is 1.87 bits per heavy atom. The SMILES string of the molecule is CCNC(=NCC(C)(C)c1ccc(F)cc1)NCCCOC.I. The van der Waals surface area contributed by atoms with Gasteiger partial charge in [0.2, 0.25) is 0 Å². The maximum atomic E-state index is 13.0. The minimum absolute atomic E-state index is 0. The number of rotatable bonds is 8. The monoisotopic (exact) mass is 437 g/mol. The lowest BCUT2D eigenvalue weighted by atomic mass is 9.85. The molecule has 23 heavy (non-hydrogen) atoms. The lowest BCUT2D eigenvalue weighted by molar-refractivity contribution is 0.195. The fourth-order valence-electron chi connectivity index (χ4n) is 2.03. The van der Waals surface area contributed by atoms with Crippen LogP contribution in [0.5, 0.6) is 0 Å². The summed E-state index contributed by atoms with van der Waals surface area (Å²) in [7, 11) is 1.70. The normalized spacial score (nSPS) is 11.8. The fourth-order valence-corrected chi connectivity index (χ4v) is 2.03. The summed E-state index contributed by atoms with van der Waals surface area (Å²) < 4.78 is 18.1. The summed E-state index contributed by atoms with van der Waals surface area (Å²) in [5.41, 5.74) is 0.927. The van der Waals surface area contributed by atoms with E-state index in [1.54, 1.807) is 7.11 Å². The number of nitrogens with zero attached hydrogens (tertiary/aromatic N) is 1. The molecule has 0 saturated heterocycles. The Morgan fingerprint density at radius 3 is 2.43 bits per heavy atom. The second kappa shape index (κ2) is 11.6. The topological polar surface area (TPSA) is 45.7 Å². The summed E-state index contributed by atoms with van der Waals surface area (Å²) in [5.74, 6) is 0.588. The van der Waals surface area contributed by atoms with Gasteiger partial charge in [-0.1, -0.05) is 26.0 Å². The Kier molecular flexibility index (Phi) is 11.2. The first-order valence-corrected chi connectivity index (χ1v) is 7.76. The minimum Gasteiger partial charge on any atom is -0.385 e. The zero-order valence-corrected chi connectivity index (χ0v) is 16.8. The van der Waals surface area contributed by atoms with E-state index < -0.39 is 0 Å². The van der Waals surface area contributed by atoms with E-state index in [0.29, 0.717) is 6.54 Å². The van der Waals surface area contributed by atoms with Gasteiger partial charge in [-0.3, -0.25) is 4.99 Å². The van der Waals surface area contributed by atoms with Crippen molar-refractivity contribution in [2.24, 2.45) is 4.99 Å². The van der Waals surface area contributed by atoms with Gasteiger partial charge in [-0.15, -0.1) is 24.0 Å². The molecule has 1 rings (SSSR count). The summed E-state index contributed by atoms with van der Waals surface area (Å²) in [6.07, 6.45) is 0.933. The molecule has 0 aromatic heterocycles. The van der Waals surface area contributed by atoms with Crippen molar-refractivity contribution < 1.29 is 9.13 Å². The maximum absolute atomic E-state index is 13.0. The van der Waals surface area contributed by atoms with Crippen molar-refractivity contribution in [2.45, 2.75) is 32.6 Å². The van der Waals surface area contributed by atoms with Crippen molar-refractivity contribution in [2.75, 3.05) is 33.4 Å². The molecule has 0 aliphatic heterocycles. The highest BCUT2D eigenvalue weighted by Gasteiger charge is 2.20. The summed E-state index contributed by atoms with van der Waals surface area (Å²) in [6.45, 7) is 9.24. The second-order valence-electron chi connectivity index (χ2n) is 5.86. The van der Waals surface area contributed by atoms with Gasteiger partial charge in [0.1, 0.15) is 5.82 Å². The number of benzene rings is 1. The zero-order valence-electron chi connectivity index (χ0n) is 14.5. The predicted octanol–water partition coefficient (Wildman–Crippen LogP) is 3.31. The predicted molar refractivity (Wildman–Crippen MR) is 105 cm³/mol. The third kappa shape index (κ3) is 8.50. The average molecular weight is 437 g/mol. The van der Waals surface area contributed by atoms with Crippen molar-refractivity contribution in [3.8, 4) is 0 Å². The van der Waals surface area contributed by atoms with Crippen LogP contribution in [0.2, 0.25) is 0 Å². The molecule has 0 fully saturated rings. The standard InChI is InChI=1S/C17H28FN3O.HI/c1-5-19-16(20-11-6-12-22-4)21-13-17(2,3)14-7-9-15(18)10-8-14;/h7-10H,5-6,11-13H2,1-4H3,(H2,19,20,21);1H. The Hall–Kier alpha value is -0.890. The first-order chi connectivity index (χ1) is 10.5. The lowest BCUT2D eigenvalue weighted by Gasteiger charge is -2.24. The van der Waals surface area contributed by atoms with E-state index in [0.717, 1.165) is 37.6 Å². The molecule has 0 bridgehead atoms. The van der Waals surface area contributed by atoms with Crippen LogP contribution in [-0.2, 0) is 10.2 Å². The summed E-state index contributed by atoms with van der Waals surface area (Å²) in [5, 5.41) is 6.52. The number of aliphatic imine (C=N–C) groups is 1. The minimum atomic E-state index is -0.212. The van der Waals surface area contributed by atoms with E-state index in [-0.39, 0.29) is 35.2 Å². The van der Waals surface area contributed by atoms with Crippen LogP contribution in [0.4, 0.5) is 4.39 Å². The third-order valence-electron chi connectivity index (χ3n) is 3.42. The quantitative estimate of drug-likeness (QED) is 0.284. The van der Waals surface area contributed by atoms with Gasteiger partial charge < -0.3 is 15.4 Å². The molecule has 6 heteroatoms. The van der Waals surface area contributed by atoms with E-state index in [9.17, 15) is 4.39 Å². The zero-order chi connectivity index (χ0) is 16.4. The molecular formula is C17H29FIN3O. The highest BCUT2D eigenvalue weighted by molar-refractivity contribution is 14.0. The van der Waals surface area contributed by atoms with Gasteiger partial charge in [0.25, 0.3) is 0 Å². The van der Waals surface area contributed by atoms with Crippen LogP contribution in [0, 0.1) is 5.82 Å². The van der Waals surface area contributed by atoms with Crippen LogP contribution in [0.25, 0.3) is 0 Å². The van der Waals surface area contributed by atoms with E-state index in [4.69, 9.17) is 4.74 Å². The number of methoxy groups -OCH3 is 1. The molecule has 1 aromatic carbocycles. The van der Waals surface area contributed by atoms with Crippen LogP contribution in [0.1, 0.15) is 32.8 Å².